The lowest BCUT2D eigenvalue weighted by atomic mass is 10.1. The van der Waals surface area contributed by atoms with Crippen LogP contribution in [0.4, 0.5) is 0 Å². The van der Waals surface area contributed by atoms with Crippen LogP contribution in [-0.4, -0.2) is 43.7 Å². The van der Waals surface area contributed by atoms with Crippen molar-refractivity contribution < 1.29 is 19.0 Å². The maximum absolute atomic E-state index is 12.7. The average molecular weight is 394 g/mol. The largest absolute Gasteiger partial charge is 0.493 e. The number of hydrogen-bond acceptors (Lipinski definition) is 5. The Bertz CT molecular complexity index is 863. The standard InChI is InChI=1S/C23H26N2O4/c1-17-15-25(16-22(29-17)19-7-4-3-5-8-19)23(26)9-6-12-28-20-11-10-18(14-24)13-21(20)27-2/h3-5,7-8,10-11,13,17,22H,6,9,12,15-16H2,1-2H3. The molecule has 1 aliphatic rings. The number of carbonyl (C=O) groups is 1. The van der Waals surface area contributed by atoms with Crippen molar-refractivity contribution in [2.45, 2.75) is 32.0 Å². The fraction of sp³-hybridized carbons (Fsp3) is 0.391. The first-order chi connectivity index (χ1) is 14.1. The number of morpholine rings is 1. The van der Waals surface area contributed by atoms with Gasteiger partial charge in [-0.1, -0.05) is 30.3 Å². The van der Waals surface area contributed by atoms with Crippen LogP contribution in [0.2, 0.25) is 0 Å². The summed E-state index contributed by atoms with van der Waals surface area (Å²) in [6.07, 6.45) is 0.913. The summed E-state index contributed by atoms with van der Waals surface area (Å²) in [6, 6.07) is 17.1. The van der Waals surface area contributed by atoms with Crippen LogP contribution >= 0.6 is 0 Å². The molecule has 1 saturated heterocycles. The van der Waals surface area contributed by atoms with Crippen LogP contribution in [0.5, 0.6) is 11.5 Å². The van der Waals surface area contributed by atoms with Gasteiger partial charge >= 0.3 is 0 Å². The van der Waals surface area contributed by atoms with E-state index >= 15 is 0 Å². The third-order valence-electron chi connectivity index (χ3n) is 4.87. The number of benzene rings is 2. The van der Waals surface area contributed by atoms with Gasteiger partial charge in [-0.2, -0.15) is 5.26 Å². The second kappa shape index (κ2) is 9.94. The van der Waals surface area contributed by atoms with Crippen molar-refractivity contribution in [1.82, 2.24) is 4.90 Å². The van der Waals surface area contributed by atoms with E-state index in [0.717, 1.165) is 5.56 Å². The highest BCUT2D eigenvalue weighted by Crippen LogP contribution is 2.28. The summed E-state index contributed by atoms with van der Waals surface area (Å²) in [5.74, 6) is 1.20. The smallest absolute Gasteiger partial charge is 0.222 e. The van der Waals surface area contributed by atoms with E-state index in [0.29, 0.717) is 49.6 Å². The van der Waals surface area contributed by atoms with E-state index in [9.17, 15) is 4.79 Å². The van der Waals surface area contributed by atoms with Crippen molar-refractivity contribution in [2.75, 3.05) is 26.8 Å². The lowest BCUT2D eigenvalue weighted by Gasteiger charge is -2.37. The van der Waals surface area contributed by atoms with E-state index in [1.165, 1.54) is 7.11 Å². The molecule has 0 N–H and O–H groups in total. The predicted molar refractivity (Wildman–Crippen MR) is 109 cm³/mol. The molecule has 2 unspecified atom stereocenters. The zero-order valence-electron chi connectivity index (χ0n) is 16.8. The second-order valence-corrected chi connectivity index (χ2v) is 7.07. The zero-order chi connectivity index (χ0) is 20.6. The molecule has 3 rings (SSSR count). The molecule has 0 aliphatic carbocycles. The Balaban J connectivity index is 1.50. The van der Waals surface area contributed by atoms with Gasteiger partial charge in [-0.25, -0.2) is 0 Å². The Labute approximate surface area is 171 Å². The topological polar surface area (TPSA) is 71.8 Å². The van der Waals surface area contributed by atoms with Crippen molar-refractivity contribution in [3.8, 4) is 17.6 Å². The minimum atomic E-state index is -0.0944. The Hall–Kier alpha value is -3.04. The minimum absolute atomic E-state index is 0.00272. The van der Waals surface area contributed by atoms with E-state index in [1.807, 2.05) is 42.2 Å². The highest BCUT2D eigenvalue weighted by molar-refractivity contribution is 5.76. The van der Waals surface area contributed by atoms with E-state index in [1.54, 1.807) is 18.2 Å². The number of amides is 1. The van der Waals surface area contributed by atoms with Gasteiger partial charge in [0.25, 0.3) is 0 Å². The molecule has 0 aromatic heterocycles. The summed E-state index contributed by atoms with van der Waals surface area (Å²) in [6.45, 7) is 3.57. The molecule has 0 bridgehead atoms. The molecule has 6 heteroatoms. The average Bonchev–Trinajstić information content (AvgIpc) is 2.76. The molecule has 1 aliphatic heterocycles. The molecule has 1 fully saturated rings. The predicted octanol–water partition coefficient (Wildman–Crippen LogP) is 3.71. The first kappa shape index (κ1) is 20.7. The Morgan fingerprint density at radius 3 is 2.72 bits per heavy atom. The summed E-state index contributed by atoms with van der Waals surface area (Å²) in [5.41, 5.74) is 1.60. The van der Waals surface area contributed by atoms with Crippen LogP contribution in [0.25, 0.3) is 0 Å². The molecule has 6 nitrogen and oxygen atoms in total. The van der Waals surface area contributed by atoms with Crippen LogP contribution < -0.4 is 9.47 Å². The second-order valence-electron chi connectivity index (χ2n) is 7.07. The number of carbonyl (C=O) groups excluding carboxylic acids is 1. The van der Waals surface area contributed by atoms with Crippen LogP contribution in [-0.2, 0) is 9.53 Å². The van der Waals surface area contributed by atoms with Gasteiger partial charge in [0.05, 0.1) is 38.0 Å². The molecule has 1 heterocycles. The van der Waals surface area contributed by atoms with Crippen LogP contribution in [0.15, 0.2) is 48.5 Å². The lowest BCUT2D eigenvalue weighted by molar-refractivity contribution is -0.145. The van der Waals surface area contributed by atoms with Crippen molar-refractivity contribution >= 4 is 5.91 Å². The monoisotopic (exact) mass is 394 g/mol. The first-order valence-electron chi connectivity index (χ1n) is 9.80. The number of rotatable bonds is 7. The Morgan fingerprint density at radius 1 is 1.21 bits per heavy atom. The fourth-order valence-electron chi connectivity index (χ4n) is 3.43. The van der Waals surface area contributed by atoms with Crippen LogP contribution in [0, 0.1) is 11.3 Å². The molecule has 0 radical (unpaired) electrons. The molecule has 0 spiro atoms. The van der Waals surface area contributed by atoms with E-state index in [-0.39, 0.29) is 18.1 Å². The molecule has 29 heavy (non-hydrogen) atoms. The summed E-state index contributed by atoms with van der Waals surface area (Å²) >= 11 is 0. The van der Waals surface area contributed by atoms with Crippen molar-refractivity contribution in [3.63, 3.8) is 0 Å². The quantitative estimate of drug-likeness (QED) is 0.670. The van der Waals surface area contributed by atoms with Crippen molar-refractivity contribution in [2.24, 2.45) is 0 Å². The summed E-state index contributed by atoms with van der Waals surface area (Å²) in [5, 5.41) is 8.96. The third-order valence-corrected chi connectivity index (χ3v) is 4.87. The Morgan fingerprint density at radius 2 is 2.00 bits per heavy atom. The molecule has 0 saturated carbocycles. The minimum Gasteiger partial charge on any atom is -0.493 e. The van der Waals surface area contributed by atoms with Crippen molar-refractivity contribution in [1.29, 1.82) is 5.26 Å². The first-order valence-corrected chi connectivity index (χ1v) is 9.80. The van der Waals surface area contributed by atoms with Gasteiger partial charge in [0, 0.05) is 19.0 Å². The molecule has 2 aromatic rings. The maximum atomic E-state index is 12.7. The molecule has 1 amide bonds. The molecule has 152 valence electrons. The number of ether oxygens (including phenoxy) is 3. The van der Waals surface area contributed by atoms with Gasteiger partial charge in [0.1, 0.15) is 6.10 Å². The molecular formula is C23H26N2O4. The zero-order valence-corrected chi connectivity index (χ0v) is 16.8. The SMILES string of the molecule is COc1cc(C#N)ccc1OCCCC(=O)N1CC(C)OC(c2ccccc2)C1. The molecule has 2 aromatic carbocycles. The van der Waals surface area contributed by atoms with Gasteiger partial charge in [-0.3, -0.25) is 4.79 Å². The summed E-state index contributed by atoms with van der Waals surface area (Å²) in [7, 11) is 1.54. The lowest BCUT2D eigenvalue weighted by Crippen LogP contribution is -2.46. The van der Waals surface area contributed by atoms with Gasteiger partial charge in [-0.05, 0) is 31.0 Å². The van der Waals surface area contributed by atoms with Crippen LogP contribution in [0.1, 0.15) is 37.0 Å². The van der Waals surface area contributed by atoms with Crippen molar-refractivity contribution in [3.05, 3.63) is 59.7 Å². The van der Waals surface area contributed by atoms with Gasteiger partial charge < -0.3 is 19.1 Å². The summed E-state index contributed by atoms with van der Waals surface area (Å²) < 4.78 is 17.0. The number of nitriles is 1. The maximum Gasteiger partial charge on any atom is 0.222 e. The van der Waals surface area contributed by atoms with Crippen LogP contribution in [0.3, 0.4) is 0 Å². The van der Waals surface area contributed by atoms with E-state index in [2.05, 4.69) is 6.07 Å². The normalized spacial score (nSPS) is 18.7. The van der Waals surface area contributed by atoms with Gasteiger partial charge in [0.2, 0.25) is 5.91 Å². The van der Waals surface area contributed by atoms with Gasteiger partial charge in [0.15, 0.2) is 11.5 Å². The highest BCUT2D eigenvalue weighted by Gasteiger charge is 2.28. The molecular weight excluding hydrogens is 368 g/mol. The van der Waals surface area contributed by atoms with Gasteiger partial charge in [-0.15, -0.1) is 0 Å². The fourth-order valence-corrected chi connectivity index (χ4v) is 3.43. The highest BCUT2D eigenvalue weighted by atomic mass is 16.5. The summed E-state index contributed by atoms with van der Waals surface area (Å²) in [4.78, 5) is 14.6. The molecule has 2 atom stereocenters. The third kappa shape index (κ3) is 5.49. The number of hydrogen-bond donors (Lipinski definition) is 0. The van der Waals surface area contributed by atoms with E-state index in [4.69, 9.17) is 19.5 Å². The Kier molecular flexibility index (Phi) is 7.09. The number of methoxy groups -OCH3 is 1. The van der Waals surface area contributed by atoms with E-state index < -0.39 is 0 Å². The number of nitrogens with zero attached hydrogens (tertiary/aromatic N) is 2.